The van der Waals surface area contributed by atoms with Crippen LogP contribution in [0.2, 0.25) is 10.4 Å². The molecule has 2 nitrogen and oxygen atoms in total. The lowest BCUT2D eigenvalue weighted by atomic mass is 10.5. The number of nitrogens with zero attached hydrogens (tertiary/aromatic N) is 2. The van der Waals surface area contributed by atoms with Gasteiger partial charge >= 0.3 is 0 Å². The first-order chi connectivity index (χ1) is 4.18. The summed E-state index contributed by atoms with van der Waals surface area (Å²) in [6, 6.07) is 1.54. The second kappa shape index (κ2) is 2.50. The zero-order valence-electron chi connectivity index (χ0n) is 4.43. The highest BCUT2D eigenvalue weighted by molar-refractivity contribution is 6.31. The van der Waals surface area contributed by atoms with Gasteiger partial charge in [-0.25, -0.2) is 9.97 Å². The molecule has 0 saturated carbocycles. The van der Waals surface area contributed by atoms with Crippen molar-refractivity contribution in [3.63, 3.8) is 0 Å². The number of rotatable bonds is 0. The minimum Gasteiger partial charge on any atom is -0.223 e. The third-order valence-electron chi connectivity index (χ3n) is 0.721. The van der Waals surface area contributed by atoms with Crippen LogP contribution < -0.4 is 0 Å². The fraction of sp³-hybridized carbons (Fsp3) is 0. The lowest BCUT2D eigenvalue weighted by Crippen LogP contribution is -1.85. The van der Waals surface area contributed by atoms with Crippen LogP contribution in [0.1, 0.15) is 5.69 Å². The van der Waals surface area contributed by atoms with E-state index in [1.165, 1.54) is 6.07 Å². The van der Waals surface area contributed by atoms with E-state index in [1.807, 2.05) is 0 Å². The van der Waals surface area contributed by atoms with Crippen LogP contribution in [0.3, 0.4) is 0 Å². The molecule has 0 N–H and O–H groups in total. The molecule has 0 unspecified atom stereocenters. The van der Waals surface area contributed by atoms with E-state index in [9.17, 15) is 0 Å². The first kappa shape index (κ1) is 6.78. The van der Waals surface area contributed by atoms with Gasteiger partial charge in [0.15, 0.2) is 0 Å². The van der Waals surface area contributed by atoms with Crippen molar-refractivity contribution in [1.29, 1.82) is 0 Å². The van der Waals surface area contributed by atoms with Crippen LogP contribution in [0, 0.1) is 6.92 Å². The normalized spacial score (nSPS) is 9.67. The van der Waals surface area contributed by atoms with Gasteiger partial charge in [0, 0.05) is 5.69 Å². The van der Waals surface area contributed by atoms with Crippen molar-refractivity contribution in [2.45, 2.75) is 0 Å². The fourth-order valence-electron chi connectivity index (χ4n) is 0.434. The average molecular weight is 162 g/mol. The summed E-state index contributed by atoms with van der Waals surface area (Å²) in [5, 5.41) is 0.451. The van der Waals surface area contributed by atoms with Crippen molar-refractivity contribution in [2.24, 2.45) is 0 Å². The first-order valence-electron chi connectivity index (χ1n) is 2.20. The summed E-state index contributed by atoms with van der Waals surface area (Å²) >= 11 is 10.9. The molecule has 9 heavy (non-hydrogen) atoms. The molecule has 0 spiro atoms. The van der Waals surface area contributed by atoms with E-state index in [0.717, 1.165) is 0 Å². The van der Waals surface area contributed by atoms with Crippen molar-refractivity contribution in [1.82, 2.24) is 9.97 Å². The third kappa shape index (κ3) is 1.80. The molecule has 47 valence electrons. The van der Waals surface area contributed by atoms with Gasteiger partial charge < -0.3 is 0 Å². The summed E-state index contributed by atoms with van der Waals surface area (Å²) < 4.78 is 0. The van der Waals surface area contributed by atoms with Crippen molar-refractivity contribution in [2.75, 3.05) is 0 Å². The molecule has 1 heterocycles. The van der Waals surface area contributed by atoms with Crippen molar-refractivity contribution < 1.29 is 0 Å². The van der Waals surface area contributed by atoms with E-state index in [2.05, 4.69) is 16.9 Å². The lowest BCUT2D eigenvalue weighted by Gasteiger charge is -1.91. The molecule has 0 atom stereocenters. The Morgan fingerprint density at radius 3 is 2.44 bits per heavy atom. The molecule has 1 rings (SSSR count). The molecule has 1 aromatic heterocycles. The maximum absolute atomic E-state index is 5.47. The van der Waals surface area contributed by atoms with Gasteiger partial charge in [0.05, 0.1) is 0 Å². The molecule has 0 saturated heterocycles. The summed E-state index contributed by atoms with van der Waals surface area (Å²) in [7, 11) is 0. The number of halogens is 2. The molecular weight excluding hydrogens is 159 g/mol. The Labute approximate surface area is 62.8 Å². The molecule has 0 bridgehead atoms. The summed E-state index contributed by atoms with van der Waals surface area (Å²) in [5.74, 6) is 0. The van der Waals surface area contributed by atoms with Crippen LogP contribution in [-0.2, 0) is 0 Å². The Balaban J connectivity index is 3.17. The molecule has 0 aromatic carbocycles. The van der Waals surface area contributed by atoms with Gasteiger partial charge in [-0.1, -0.05) is 11.6 Å². The topological polar surface area (TPSA) is 25.8 Å². The SMILES string of the molecule is [CH2]c1cc(Cl)nc(Cl)n1. The molecule has 1 aromatic rings. The highest BCUT2D eigenvalue weighted by Gasteiger charge is 1.94. The quantitative estimate of drug-likeness (QED) is 0.430. The van der Waals surface area contributed by atoms with E-state index in [-0.39, 0.29) is 5.28 Å². The van der Waals surface area contributed by atoms with Crippen LogP contribution in [-0.4, -0.2) is 9.97 Å². The van der Waals surface area contributed by atoms with Gasteiger partial charge in [-0.2, -0.15) is 0 Å². The highest BCUT2D eigenvalue weighted by atomic mass is 35.5. The largest absolute Gasteiger partial charge is 0.224 e. The van der Waals surface area contributed by atoms with Crippen molar-refractivity contribution >= 4 is 23.2 Å². The third-order valence-corrected chi connectivity index (χ3v) is 1.08. The molecule has 0 aliphatic rings. The Morgan fingerprint density at radius 2 is 2.00 bits per heavy atom. The van der Waals surface area contributed by atoms with E-state index in [4.69, 9.17) is 23.2 Å². The van der Waals surface area contributed by atoms with E-state index >= 15 is 0 Å². The van der Waals surface area contributed by atoms with Crippen LogP contribution in [0.4, 0.5) is 0 Å². The zero-order valence-corrected chi connectivity index (χ0v) is 5.95. The van der Waals surface area contributed by atoms with E-state index in [1.54, 1.807) is 0 Å². The second-order valence-corrected chi connectivity index (χ2v) is 2.18. The number of hydrogen-bond acceptors (Lipinski definition) is 2. The standard InChI is InChI=1S/C5H3Cl2N2/c1-3-2-4(6)9-5(7)8-3/h2H,1H2. The van der Waals surface area contributed by atoms with Gasteiger partial charge in [-0.3, -0.25) is 0 Å². The summed E-state index contributed by atoms with van der Waals surface area (Å²) in [6.45, 7) is 3.52. The number of hydrogen-bond donors (Lipinski definition) is 0. The average Bonchev–Trinajstić information content (AvgIpc) is 1.59. The monoisotopic (exact) mass is 161 g/mol. The van der Waals surface area contributed by atoms with Crippen molar-refractivity contribution in [3.05, 3.63) is 29.1 Å². The van der Waals surface area contributed by atoms with E-state index in [0.29, 0.717) is 10.8 Å². The summed E-state index contributed by atoms with van der Waals surface area (Å²) in [6.07, 6.45) is 0. The smallest absolute Gasteiger partial charge is 0.223 e. The predicted molar refractivity (Wildman–Crippen MR) is 36.5 cm³/mol. The highest BCUT2D eigenvalue weighted by Crippen LogP contribution is 2.08. The van der Waals surface area contributed by atoms with Crippen LogP contribution in [0.5, 0.6) is 0 Å². The van der Waals surface area contributed by atoms with Gasteiger partial charge in [0.1, 0.15) is 5.15 Å². The molecular formula is C5H3Cl2N2. The van der Waals surface area contributed by atoms with Crippen LogP contribution in [0.15, 0.2) is 6.07 Å². The fourth-order valence-corrected chi connectivity index (χ4v) is 0.883. The molecule has 0 aliphatic heterocycles. The first-order valence-corrected chi connectivity index (χ1v) is 2.96. The van der Waals surface area contributed by atoms with Gasteiger partial charge in [-0.05, 0) is 24.6 Å². The molecule has 4 heteroatoms. The zero-order chi connectivity index (χ0) is 6.85. The second-order valence-electron chi connectivity index (χ2n) is 1.45. The molecule has 0 fully saturated rings. The van der Waals surface area contributed by atoms with Crippen LogP contribution >= 0.6 is 23.2 Å². The number of aromatic nitrogens is 2. The predicted octanol–water partition coefficient (Wildman–Crippen LogP) is 1.97. The van der Waals surface area contributed by atoms with Crippen molar-refractivity contribution in [3.8, 4) is 0 Å². The van der Waals surface area contributed by atoms with Gasteiger partial charge in [0.25, 0.3) is 0 Å². The summed E-state index contributed by atoms with van der Waals surface area (Å²) in [5.41, 5.74) is 0.528. The Hall–Kier alpha value is -0.340. The Kier molecular flexibility index (Phi) is 1.88. The Morgan fingerprint density at radius 1 is 1.33 bits per heavy atom. The molecule has 0 amide bonds. The molecule has 1 radical (unpaired) electrons. The van der Waals surface area contributed by atoms with Gasteiger partial charge in [-0.15, -0.1) is 0 Å². The maximum Gasteiger partial charge on any atom is 0.224 e. The van der Waals surface area contributed by atoms with Crippen LogP contribution in [0.25, 0.3) is 0 Å². The summed E-state index contributed by atoms with van der Waals surface area (Å²) in [4.78, 5) is 7.31. The van der Waals surface area contributed by atoms with Gasteiger partial charge in [0.2, 0.25) is 5.28 Å². The molecule has 0 aliphatic carbocycles. The minimum atomic E-state index is 0.132. The maximum atomic E-state index is 5.47. The van der Waals surface area contributed by atoms with E-state index < -0.39 is 0 Å². The minimum absolute atomic E-state index is 0.132. The lowest BCUT2D eigenvalue weighted by molar-refractivity contribution is 1.14. The Bertz CT molecular complexity index is 174.